The van der Waals surface area contributed by atoms with Crippen LogP contribution < -0.4 is 0 Å². The second kappa shape index (κ2) is 7.88. The molecular formula is C16H32N2O. The maximum atomic E-state index is 11.9. The lowest BCUT2D eigenvalue weighted by Crippen LogP contribution is -2.42. The van der Waals surface area contributed by atoms with E-state index in [1.165, 1.54) is 38.9 Å². The zero-order valence-corrected chi connectivity index (χ0v) is 13.5. The molecule has 0 aromatic heterocycles. The largest absolute Gasteiger partial charge is 0.345 e. The summed E-state index contributed by atoms with van der Waals surface area (Å²) in [7, 11) is 1.95. The van der Waals surface area contributed by atoms with Crippen molar-refractivity contribution >= 4 is 5.91 Å². The lowest BCUT2D eigenvalue weighted by molar-refractivity contribution is -0.133. The van der Waals surface area contributed by atoms with Crippen LogP contribution in [0.25, 0.3) is 0 Å². The summed E-state index contributed by atoms with van der Waals surface area (Å²) in [5.74, 6) is 1.84. The number of hydrogen-bond donors (Lipinski definition) is 0. The molecule has 3 nitrogen and oxygen atoms in total. The third-order valence-electron chi connectivity index (χ3n) is 4.03. The van der Waals surface area contributed by atoms with E-state index in [2.05, 4.69) is 18.7 Å². The topological polar surface area (TPSA) is 23.6 Å². The minimum Gasteiger partial charge on any atom is -0.345 e. The first kappa shape index (κ1) is 16.5. The Morgan fingerprint density at radius 1 is 1.32 bits per heavy atom. The summed E-state index contributed by atoms with van der Waals surface area (Å²) in [6.07, 6.45) is 3.84. The average Bonchev–Trinajstić information content (AvgIpc) is 2.35. The average molecular weight is 268 g/mol. The molecule has 112 valence electrons. The highest BCUT2D eigenvalue weighted by Crippen LogP contribution is 2.19. The molecule has 0 N–H and O–H groups in total. The molecule has 1 saturated heterocycles. The molecule has 0 radical (unpaired) electrons. The van der Waals surface area contributed by atoms with Gasteiger partial charge in [-0.3, -0.25) is 4.79 Å². The Labute approximate surface area is 119 Å². The number of carbonyl (C=O) groups is 1. The van der Waals surface area contributed by atoms with Crippen molar-refractivity contribution in [1.29, 1.82) is 0 Å². The normalized spacial score (nSPS) is 21.1. The zero-order valence-electron chi connectivity index (χ0n) is 13.5. The van der Waals surface area contributed by atoms with Crippen LogP contribution in [0.5, 0.6) is 0 Å². The molecular weight excluding hydrogens is 236 g/mol. The van der Waals surface area contributed by atoms with Crippen molar-refractivity contribution in [3.63, 3.8) is 0 Å². The molecule has 3 heteroatoms. The summed E-state index contributed by atoms with van der Waals surface area (Å²) < 4.78 is 0. The van der Waals surface area contributed by atoms with Gasteiger partial charge in [0, 0.05) is 26.1 Å². The van der Waals surface area contributed by atoms with Crippen LogP contribution in [0, 0.1) is 17.8 Å². The fourth-order valence-electron chi connectivity index (χ4n) is 2.86. The number of nitrogens with zero attached hydrogens (tertiary/aromatic N) is 2. The number of hydrogen-bond acceptors (Lipinski definition) is 2. The Balaban J connectivity index is 2.36. The molecule has 0 unspecified atom stereocenters. The Hall–Kier alpha value is -0.570. The van der Waals surface area contributed by atoms with Crippen LogP contribution in [0.15, 0.2) is 0 Å². The van der Waals surface area contributed by atoms with Crippen LogP contribution in [-0.4, -0.2) is 48.9 Å². The number of likely N-dealkylation sites (tertiary alicyclic amines) is 1. The van der Waals surface area contributed by atoms with E-state index in [0.717, 1.165) is 12.5 Å². The van der Waals surface area contributed by atoms with E-state index < -0.39 is 0 Å². The summed E-state index contributed by atoms with van der Waals surface area (Å²) in [5.41, 5.74) is 0. The molecule has 0 aromatic rings. The van der Waals surface area contributed by atoms with Crippen molar-refractivity contribution in [2.24, 2.45) is 17.8 Å². The highest BCUT2D eigenvalue weighted by atomic mass is 16.2. The third-order valence-corrected chi connectivity index (χ3v) is 4.03. The van der Waals surface area contributed by atoms with Gasteiger partial charge in [0.25, 0.3) is 0 Å². The molecule has 1 aliphatic rings. The molecule has 1 amide bonds. The second-order valence-corrected chi connectivity index (χ2v) is 6.86. The van der Waals surface area contributed by atoms with Gasteiger partial charge in [0.15, 0.2) is 0 Å². The molecule has 0 spiro atoms. The molecule has 19 heavy (non-hydrogen) atoms. The first-order valence-electron chi connectivity index (χ1n) is 7.87. The molecule has 0 bridgehead atoms. The summed E-state index contributed by atoms with van der Waals surface area (Å²) >= 11 is 0. The smallest absolute Gasteiger partial charge is 0.224 e. The SMILES string of the molecule is CC(C)CCN1CCC[C@@H](CN(C)C(=O)C(C)C)C1. The van der Waals surface area contributed by atoms with E-state index in [1.807, 2.05) is 25.8 Å². The van der Waals surface area contributed by atoms with Crippen molar-refractivity contribution in [3.05, 3.63) is 0 Å². The minimum absolute atomic E-state index is 0.116. The first-order chi connectivity index (χ1) is 8.90. The van der Waals surface area contributed by atoms with Gasteiger partial charge in [0.05, 0.1) is 0 Å². The maximum absolute atomic E-state index is 11.9. The van der Waals surface area contributed by atoms with Gasteiger partial charge in [0.1, 0.15) is 0 Å². The highest BCUT2D eigenvalue weighted by molar-refractivity contribution is 5.77. The Bertz CT molecular complexity index is 276. The van der Waals surface area contributed by atoms with E-state index in [4.69, 9.17) is 0 Å². The van der Waals surface area contributed by atoms with E-state index in [9.17, 15) is 4.79 Å². The Morgan fingerprint density at radius 3 is 2.58 bits per heavy atom. The van der Waals surface area contributed by atoms with Gasteiger partial charge in [-0.1, -0.05) is 27.7 Å². The quantitative estimate of drug-likeness (QED) is 0.739. The van der Waals surface area contributed by atoms with Crippen molar-refractivity contribution in [3.8, 4) is 0 Å². The highest BCUT2D eigenvalue weighted by Gasteiger charge is 2.23. The number of amides is 1. The Kier molecular flexibility index (Phi) is 6.84. The molecule has 1 rings (SSSR count). The minimum atomic E-state index is 0.116. The maximum Gasteiger partial charge on any atom is 0.224 e. The van der Waals surface area contributed by atoms with Crippen LogP contribution in [0.2, 0.25) is 0 Å². The lowest BCUT2D eigenvalue weighted by Gasteiger charge is -2.35. The summed E-state index contributed by atoms with van der Waals surface area (Å²) in [4.78, 5) is 16.4. The van der Waals surface area contributed by atoms with Gasteiger partial charge in [0.2, 0.25) is 5.91 Å². The number of piperidine rings is 1. The van der Waals surface area contributed by atoms with Gasteiger partial charge in [-0.2, -0.15) is 0 Å². The van der Waals surface area contributed by atoms with Crippen molar-refractivity contribution in [1.82, 2.24) is 9.80 Å². The van der Waals surface area contributed by atoms with E-state index >= 15 is 0 Å². The molecule has 1 heterocycles. The monoisotopic (exact) mass is 268 g/mol. The lowest BCUT2D eigenvalue weighted by atomic mass is 9.96. The molecule has 0 saturated carbocycles. The predicted octanol–water partition coefficient (Wildman–Crippen LogP) is 2.86. The van der Waals surface area contributed by atoms with Crippen molar-refractivity contribution in [2.45, 2.75) is 47.0 Å². The second-order valence-electron chi connectivity index (χ2n) is 6.86. The van der Waals surface area contributed by atoms with Gasteiger partial charge >= 0.3 is 0 Å². The van der Waals surface area contributed by atoms with Crippen LogP contribution in [0.3, 0.4) is 0 Å². The molecule has 0 aliphatic carbocycles. The van der Waals surface area contributed by atoms with Crippen molar-refractivity contribution in [2.75, 3.05) is 33.2 Å². The third kappa shape index (κ3) is 5.94. The number of rotatable bonds is 6. The van der Waals surface area contributed by atoms with E-state index in [-0.39, 0.29) is 11.8 Å². The van der Waals surface area contributed by atoms with Crippen LogP contribution in [0.1, 0.15) is 47.0 Å². The van der Waals surface area contributed by atoms with Crippen LogP contribution in [-0.2, 0) is 4.79 Å². The summed E-state index contributed by atoms with van der Waals surface area (Å²) in [6, 6.07) is 0. The number of carbonyl (C=O) groups excluding carboxylic acids is 1. The van der Waals surface area contributed by atoms with E-state index in [1.54, 1.807) is 0 Å². The fourth-order valence-corrected chi connectivity index (χ4v) is 2.86. The standard InChI is InChI=1S/C16H32N2O/c1-13(2)8-10-18-9-6-7-15(12-18)11-17(5)16(19)14(3)4/h13-15H,6-12H2,1-5H3/t15-/m0/s1. The van der Waals surface area contributed by atoms with Gasteiger partial charge < -0.3 is 9.80 Å². The first-order valence-corrected chi connectivity index (χ1v) is 7.87. The van der Waals surface area contributed by atoms with Crippen LogP contribution in [0.4, 0.5) is 0 Å². The molecule has 1 fully saturated rings. The van der Waals surface area contributed by atoms with Gasteiger partial charge in [-0.15, -0.1) is 0 Å². The van der Waals surface area contributed by atoms with Crippen molar-refractivity contribution < 1.29 is 4.79 Å². The molecule has 1 atom stereocenters. The van der Waals surface area contributed by atoms with Crippen LogP contribution >= 0.6 is 0 Å². The predicted molar refractivity (Wildman–Crippen MR) is 81.1 cm³/mol. The summed E-state index contributed by atoms with van der Waals surface area (Å²) in [5, 5.41) is 0. The molecule has 0 aromatic carbocycles. The molecule has 1 aliphatic heterocycles. The zero-order chi connectivity index (χ0) is 14.4. The summed E-state index contributed by atoms with van der Waals surface area (Å²) in [6.45, 7) is 13.1. The van der Waals surface area contributed by atoms with Gasteiger partial charge in [-0.05, 0) is 44.2 Å². The Morgan fingerprint density at radius 2 is 2.00 bits per heavy atom. The van der Waals surface area contributed by atoms with E-state index in [0.29, 0.717) is 5.92 Å². The fraction of sp³-hybridized carbons (Fsp3) is 0.938. The van der Waals surface area contributed by atoms with Gasteiger partial charge in [-0.25, -0.2) is 0 Å².